The van der Waals surface area contributed by atoms with E-state index in [2.05, 4.69) is 11.0 Å². The number of para-hydroxylation sites is 1. The van der Waals surface area contributed by atoms with Crippen LogP contribution in [0.3, 0.4) is 0 Å². The molecule has 1 heterocycles. The van der Waals surface area contributed by atoms with Gasteiger partial charge in [-0.05, 0) is 24.5 Å². The number of amides is 1. The van der Waals surface area contributed by atoms with Crippen molar-refractivity contribution in [2.24, 2.45) is 0 Å². The summed E-state index contributed by atoms with van der Waals surface area (Å²) >= 11 is 0. The van der Waals surface area contributed by atoms with E-state index in [4.69, 9.17) is 5.73 Å². The molecule has 0 radical (unpaired) electrons. The SMILES string of the molecule is CN(C)C(=O)CCCN1CCc2cccc(N)c21. The fraction of sp³-hybridized carbons (Fsp3) is 0.500. The Bertz CT molecular complexity index is 443. The monoisotopic (exact) mass is 247 g/mol. The predicted octanol–water partition coefficient (Wildman–Crippen LogP) is 1.50. The van der Waals surface area contributed by atoms with E-state index in [0.717, 1.165) is 31.6 Å². The molecule has 98 valence electrons. The highest BCUT2D eigenvalue weighted by Crippen LogP contribution is 2.33. The van der Waals surface area contributed by atoms with Gasteiger partial charge in [-0.2, -0.15) is 0 Å². The molecule has 0 spiro atoms. The van der Waals surface area contributed by atoms with Crippen molar-refractivity contribution < 1.29 is 4.79 Å². The number of carbonyl (C=O) groups excluding carboxylic acids is 1. The van der Waals surface area contributed by atoms with Gasteiger partial charge in [0.15, 0.2) is 0 Å². The predicted molar refractivity (Wildman–Crippen MR) is 74.7 cm³/mol. The van der Waals surface area contributed by atoms with E-state index < -0.39 is 0 Å². The molecule has 1 aromatic rings. The summed E-state index contributed by atoms with van der Waals surface area (Å²) in [6.07, 6.45) is 2.54. The minimum Gasteiger partial charge on any atom is -0.397 e. The summed E-state index contributed by atoms with van der Waals surface area (Å²) < 4.78 is 0. The van der Waals surface area contributed by atoms with Gasteiger partial charge >= 0.3 is 0 Å². The lowest BCUT2D eigenvalue weighted by Crippen LogP contribution is -2.26. The number of hydrogen-bond donors (Lipinski definition) is 1. The highest BCUT2D eigenvalue weighted by atomic mass is 16.2. The van der Waals surface area contributed by atoms with Crippen molar-refractivity contribution in [2.75, 3.05) is 37.8 Å². The number of fused-ring (bicyclic) bond motifs is 1. The van der Waals surface area contributed by atoms with Crippen LogP contribution in [0.4, 0.5) is 11.4 Å². The Morgan fingerprint density at radius 1 is 1.44 bits per heavy atom. The highest BCUT2D eigenvalue weighted by Gasteiger charge is 2.20. The number of nitrogens with zero attached hydrogens (tertiary/aromatic N) is 2. The summed E-state index contributed by atoms with van der Waals surface area (Å²) in [6, 6.07) is 6.09. The molecule has 4 nitrogen and oxygen atoms in total. The lowest BCUT2D eigenvalue weighted by atomic mass is 10.1. The third-order valence-corrected chi connectivity index (χ3v) is 3.44. The Hall–Kier alpha value is -1.71. The first-order valence-electron chi connectivity index (χ1n) is 6.42. The van der Waals surface area contributed by atoms with Gasteiger partial charge in [0.2, 0.25) is 5.91 Å². The second-order valence-corrected chi connectivity index (χ2v) is 4.98. The fourth-order valence-electron chi connectivity index (χ4n) is 2.43. The zero-order valence-electron chi connectivity index (χ0n) is 11.1. The lowest BCUT2D eigenvalue weighted by Gasteiger charge is -2.21. The summed E-state index contributed by atoms with van der Waals surface area (Å²) in [5.74, 6) is 0.190. The molecule has 2 N–H and O–H groups in total. The normalized spacial score (nSPS) is 13.6. The minimum atomic E-state index is 0.190. The van der Waals surface area contributed by atoms with Crippen molar-refractivity contribution in [3.8, 4) is 0 Å². The molecule has 0 saturated carbocycles. The van der Waals surface area contributed by atoms with E-state index in [0.29, 0.717) is 6.42 Å². The molecule has 4 heteroatoms. The third-order valence-electron chi connectivity index (χ3n) is 3.44. The van der Waals surface area contributed by atoms with Gasteiger partial charge in [-0.25, -0.2) is 0 Å². The highest BCUT2D eigenvalue weighted by molar-refractivity contribution is 5.76. The summed E-state index contributed by atoms with van der Waals surface area (Å²) in [7, 11) is 3.59. The van der Waals surface area contributed by atoms with Gasteiger partial charge < -0.3 is 15.5 Å². The first kappa shape index (κ1) is 12.7. The Balaban J connectivity index is 1.92. The smallest absolute Gasteiger partial charge is 0.222 e. The summed E-state index contributed by atoms with van der Waals surface area (Å²) in [5, 5.41) is 0. The Morgan fingerprint density at radius 2 is 2.22 bits per heavy atom. The Morgan fingerprint density at radius 3 is 2.94 bits per heavy atom. The second kappa shape index (κ2) is 5.29. The van der Waals surface area contributed by atoms with E-state index in [1.165, 1.54) is 11.3 Å². The largest absolute Gasteiger partial charge is 0.397 e. The number of benzene rings is 1. The van der Waals surface area contributed by atoms with Gasteiger partial charge in [0.05, 0.1) is 11.4 Å². The van der Waals surface area contributed by atoms with Gasteiger partial charge in [0, 0.05) is 33.6 Å². The average molecular weight is 247 g/mol. The van der Waals surface area contributed by atoms with Crippen LogP contribution in [0.1, 0.15) is 18.4 Å². The van der Waals surface area contributed by atoms with Crippen LogP contribution in [0, 0.1) is 0 Å². The van der Waals surface area contributed by atoms with E-state index in [1.807, 2.05) is 12.1 Å². The van der Waals surface area contributed by atoms with Crippen LogP contribution in [0.25, 0.3) is 0 Å². The summed E-state index contributed by atoms with van der Waals surface area (Å²) in [6.45, 7) is 1.92. The molecule has 2 rings (SSSR count). The standard InChI is InChI=1S/C14H21N3O/c1-16(2)13(18)7-4-9-17-10-8-11-5-3-6-12(15)14(11)17/h3,5-6H,4,7-10,15H2,1-2H3. The fourth-order valence-corrected chi connectivity index (χ4v) is 2.43. The molecule has 0 bridgehead atoms. The topological polar surface area (TPSA) is 49.6 Å². The van der Waals surface area contributed by atoms with Gasteiger partial charge in [0.1, 0.15) is 0 Å². The zero-order valence-corrected chi connectivity index (χ0v) is 11.1. The van der Waals surface area contributed by atoms with Gasteiger partial charge in [-0.15, -0.1) is 0 Å². The van der Waals surface area contributed by atoms with E-state index in [-0.39, 0.29) is 5.91 Å². The molecule has 0 saturated heterocycles. The maximum absolute atomic E-state index is 11.5. The molecule has 1 aliphatic heterocycles. The number of nitrogen functional groups attached to an aromatic ring is 1. The average Bonchev–Trinajstić information content (AvgIpc) is 2.73. The second-order valence-electron chi connectivity index (χ2n) is 4.98. The number of nitrogens with two attached hydrogens (primary N) is 1. The molecular formula is C14H21N3O. The van der Waals surface area contributed by atoms with Crippen molar-refractivity contribution in [2.45, 2.75) is 19.3 Å². The Labute approximate surface area is 108 Å². The zero-order chi connectivity index (χ0) is 13.1. The van der Waals surface area contributed by atoms with Crippen LogP contribution >= 0.6 is 0 Å². The van der Waals surface area contributed by atoms with Crippen LogP contribution in [0.15, 0.2) is 18.2 Å². The maximum atomic E-state index is 11.5. The number of anilines is 2. The first-order valence-corrected chi connectivity index (χ1v) is 6.42. The van der Waals surface area contributed by atoms with Crippen LogP contribution in [0.2, 0.25) is 0 Å². The van der Waals surface area contributed by atoms with E-state index >= 15 is 0 Å². The number of rotatable bonds is 4. The van der Waals surface area contributed by atoms with E-state index in [9.17, 15) is 4.79 Å². The van der Waals surface area contributed by atoms with Crippen molar-refractivity contribution >= 4 is 17.3 Å². The lowest BCUT2D eigenvalue weighted by molar-refractivity contribution is -0.128. The molecule has 0 atom stereocenters. The first-order chi connectivity index (χ1) is 8.59. The van der Waals surface area contributed by atoms with E-state index in [1.54, 1.807) is 19.0 Å². The molecular weight excluding hydrogens is 226 g/mol. The van der Waals surface area contributed by atoms with Crippen molar-refractivity contribution in [3.63, 3.8) is 0 Å². The molecule has 0 aromatic heterocycles. The van der Waals surface area contributed by atoms with Crippen LogP contribution < -0.4 is 10.6 Å². The van der Waals surface area contributed by atoms with Crippen LogP contribution in [-0.4, -0.2) is 38.0 Å². The molecule has 1 aromatic carbocycles. The van der Waals surface area contributed by atoms with Gasteiger partial charge in [-0.1, -0.05) is 12.1 Å². The molecule has 0 aliphatic carbocycles. The third kappa shape index (κ3) is 2.58. The minimum absolute atomic E-state index is 0.190. The number of hydrogen-bond acceptors (Lipinski definition) is 3. The maximum Gasteiger partial charge on any atom is 0.222 e. The van der Waals surface area contributed by atoms with Crippen molar-refractivity contribution in [1.29, 1.82) is 0 Å². The summed E-state index contributed by atoms with van der Waals surface area (Å²) in [5.41, 5.74) is 9.38. The summed E-state index contributed by atoms with van der Waals surface area (Å²) in [4.78, 5) is 15.5. The molecule has 0 fully saturated rings. The molecule has 1 amide bonds. The van der Waals surface area contributed by atoms with Crippen molar-refractivity contribution in [1.82, 2.24) is 4.90 Å². The molecule has 18 heavy (non-hydrogen) atoms. The van der Waals surface area contributed by atoms with Crippen molar-refractivity contribution in [3.05, 3.63) is 23.8 Å². The molecule has 0 unspecified atom stereocenters. The molecule has 1 aliphatic rings. The van der Waals surface area contributed by atoms with Crippen LogP contribution in [-0.2, 0) is 11.2 Å². The van der Waals surface area contributed by atoms with Gasteiger partial charge in [0.25, 0.3) is 0 Å². The quantitative estimate of drug-likeness (QED) is 0.820. The van der Waals surface area contributed by atoms with Crippen LogP contribution in [0.5, 0.6) is 0 Å². The van der Waals surface area contributed by atoms with Gasteiger partial charge in [-0.3, -0.25) is 4.79 Å². The Kier molecular flexibility index (Phi) is 3.75. The number of carbonyl (C=O) groups is 1.